The van der Waals surface area contributed by atoms with E-state index in [1.165, 1.54) is 0 Å². The lowest BCUT2D eigenvalue weighted by Gasteiger charge is -2.18. The molecule has 0 unspecified atom stereocenters. The summed E-state index contributed by atoms with van der Waals surface area (Å²) in [6.07, 6.45) is 1.99. The minimum Gasteiger partial charge on any atom is -0.376 e. The standard InChI is InChI=1S/C17H19ClN2OS/c1-11-5-7-13(22-4)10-14(11)17(21)19-15-9-12(18)6-8-16(15)20(2)3/h5-10H,1-4H3,(H,19,21). The van der Waals surface area contributed by atoms with Crippen LogP contribution in [-0.4, -0.2) is 26.3 Å². The minimum absolute atomic E-state index is 0.126. The fourth-order valence-electron chi connectivity index (χ4n) is 2.16. The topological polar surface area (TPSA) is 32.3 Å². The summed E-state index contributed by atoms with van der Waals surface area (Å²) in [6.45, 7) is 1.93. The van der Waals surface area contributed by atoms with Crippen molar-refractivity contribution >= 4 is 40.6 Å². The Hall–Kier alpha value is -1.65. The molecule has 0 saturated heterocycles. The second-order valence-corrected chi connectivity index (χ2v) is 6.51. The summed E-state index contributed by atoms with van der Waals surface area (Å²) in [6, 6.07) is 11.4. The highest BCUT2D eigenvalue weighted by molar-refractivity contribution is 7.98. The molecule has 0 heterocycles. The zero-order chi connectivity index (χ0) is 16.3. The molecule has 0 fully saturated rings. The SMILES string of the molecule is CSc1ccc(C)c(C(=O)Nc2cc(Cl)ccc2N(C)C)c1. The number of thioether (sulfide) groups is 1. The van der Waals surface area contributed by atoms with Gasteiger partial charge in [-0.1, -0.05) is 17.7 Å². The van der Waals surface area contributed by atoms with E-state index in [4.69, 9.17) is 11.6 Å². The number of halogens is 1. The van der Waals surface area contributed by atoms with Crippen molar-refractivity contribution < 1.29 is 4.79 Å². The van der Waals surface area contributed by atoms with E-state index in [1.54, 1.807) is 17.8 Å². The predicted octanol–water partition coefficient (Wildman–Crippen LogP) is 4.69. The van der Waals surface area contributed by atoms with Gasteiger partial charge in [-0.15, -0.1) is 11.8 Å². The summed E-state index contributed by atoms with van der Waals surface area (Å²) < 4.78 is 0. The quantitative estimate of drug-likeness (QED) is 0.823. The molecule has 2 aromatic carbocycles. The van der Waals surface area contributed by atoms with Gasteiger partial charge in [0.05, 0.1) is 11.4 Å². The van der Waals surface area contributed by atoms with Crippen LogP contribution in [0.1, 0.15) is 15.9 Å². The largest absolute Gasteiger partial charge is 0.376 e. The van der Waals surface area contributed by atoms with Gasteiger partial charge in [-0.2, -0.15) is 0 Å². The van der Waals surface area contributed by atoms with Gasteiger partial charge in [0, 0.05) is 29.6 Å². The molecule has 0 aliphatic rings. The fraction of sp³-hybridized carbons (Fsp3) is 0.235. The van der Waals surface area contributed by atoms with Crippen LogP contribution in [0.25, 0.3) is 0 Å². The Bertz CT molecular complexity index is 701. The van der Waals surface area contributed by atoms with Crippen molar-refractivity contribution in [1.82, 2.24) is 0 Å². The Morgan fingerprint density at radius 1 is 1.18 bits per heavy atom. The van der Waals surface area contributed by atoms with E-state index in [2.05, 4.69) is 5.32 Å². The van der Waals surface area contributed by atoms with Gasteiger partial charge in [-0.3, -0.25) is 4.79 Å². The number of benzene rings is 2. The first-order chi connectivity index (χ1) is 10.4. The van der Waals surface area contributed by atoms with E-state index in [9.17, 15) is 4.79 Å². The number of nitrogens with zero attached hydrogens (tertiary/aromatic N) is 1. The van der Waals surface area contributed by atoms with Crippen LogP contribution in [0.2, 0.25) is 5.02 Å². The van der Waals surface area contributed by atoms with E-state index >= 15 is 0 Å². The molecular formula is C17H19ClN2OS. The highest BCUT2D eigenvalue weighted by atomic mass is 35.5. The lowest BCUT2D eigenvalue weighted by Crippen LogP contribution is -2.17. The number of hydrogen-bond acceptors (Lipinski definition) is 3. The van der Waals surface area contributed by atoms with Crippen LogP contribution in [-0.2, 0) is 0 Å². The van der Waals surface area contributed by atoms with Crippen LogP contribution in [0.5, 0.6) is 0 Å². The normalized spacial score (nSPS) is 10.4. The Morgan fingerprint density at radius 3 is 2.55 bits per heavy atom. The molecule has 0 saturated carbocycles. The van der Waals surface area contributed by atoms with Gasteiger partial charge in [-0.05, 0) is 49.1 Å². The van der Waals surface area contributed by atoms with Crippen molar-refractivity contribution in [2.75, 3.05) is 30.6 Å². The first kappa shape index (κ1) is 16.7. The molecule has 3 nitrogen and oxygen atoms in total. The van der Waals surface area contributed by atoms with Crippen molar-refractivity contribution in [2.24, 2.45) is 0 Å². The van der Waals surface area contributed by atoms with Gasteiger partial charge in [-0.25, -0.2) is 0 Å². The third-order valence-electron chi connectivity index (χ3n) is 3.38. The Balaban J connectivity index is 2.35. The molecule has 0 radical (unpaired) electrons. The number of carbonyl (C=O) groups excluding carboxylic acids is 1. The molecule has 116 valence electrons. The first-order valence-corrected chi connectivity index (χ1v) is 8.45. The summed E-state index contributed by atoms with van der Waals surface area (Å²) in [5, 5.41) is 3.56. The van der Waals surface area contributed by atoms with Crippen LogP contribution in [0.4, 0.5) is 11.4 Å². The molecule has 5 heteroatoms. The first-order valence-electron chi connectivity index (χ1n) is 6.85. The third-order valence-corrected chi connectivity index (χ3v) is 4.34. The van der Waals surface area contributed by atoms with Crippen molar-refractivity contribution in [2.45, 2.75) is 11.8 Å². The van der Waals surface area contributed by atoms with Gasteiger partial charge < -0.3 is 10.2 Å². The lowest BCUT2D eigenvalue weighted by atomic mass is 10.1. The van der Waals surface area contributed by atoms with Crippen molar-refractivity contribution in [3.63, 3.8) is 0 Å². The minimum atomic E-state index is -0.126. The van der Waals surface area contributed by atoms with Crippen molar-refractivity contribution in [3.8, 4) is 0 Å². The number of carbonyl (C=O) groups is 1. The van der Waals surface area contributed by atoms with Gasteiger partial charge in [0.2, 0.25) is 0 Å². The number of aryl methyl sites for hydroxylation is 1. The summed E-state index contributed by atoms with van der Waals surface area (Å²) >= 11 is 7.67. The number of anilines is 2. The maximum absolute atomic E-state index is 12.6. The van der Waals surface area contributed by atoms with E-state index in [0.29, 0.717) is 16.3 Å². The summed E-state index contributed by atoms with van der Waals surface area (Å²) in [4.78, 5) is 15.6. The summed E-state index contributed by atoms with van der Waals surface area (Å²) in [5.41, 5.74) is 3.24. The predicted molar refractivity (Wildman–Crippen MR) is 96.7 cm³/mol. The Morgan fingerprint density at radius 2 is 1.91 bits per heavy atom. The van der Waals surface area contributed by atoms with Crippen LogP contribution in [0.3, 0.4) is 0 Å². The smallest absolute Gasteiger partial charge is 0.256 e. The molecule has 22 heavy (non-hydrogen) atoms. The molecule has 1 amide bonds. The summed E-state index contributed by atoms with van der Waals surface area (Å²) in [7, 11) is 3.86. The Kier molecular flexibility index (Phi) is 5.37. The molecule has 1 N–H and O–H groups in total. The molecule has 0 atom stereocenters. The highest BCUT2D eigenvalue weighted by Crippen LogP contribution is 2.29. The second-order valence-electron chi connectivity index (χ2n) is 5.19. The maximum Gasteiger partial charge on any atom is 0.256 e. The lowest BCUT2D eigenvalue weighted by molar-refractivity contribution is 0.102. The molecular weight excluding hydrogens is 316 g/mol. The zero-order valence-corrected chi connectivity index (χ0v) is 14.7. The van der Waals surface area contributed by atoms with Gasteiger partial charge in [0.15, 0.2) is 0 Å². The fourth-order valence-corrected chi connectivity index (χ4v) is 2.77. The molecule has 0 aromatic heterocycles. The van der Waals surface area contributed by atoms with Crippen molar-refractivity contribution in [1.29, 1.82) is 0 Å². The Labute approximate surface area is 140 Å². The highest BCUT2D eigenvalue weighted by Gasteiger charge is 2.13. The van der Waals surface area contributed by atoms with Gasteiger partial charge in [0.1, 0.15) is 0 Å². The zero-order valence-electron chi connectivity index (χ0n) is 13.1. The number of amides is 1. The van der Waals surface area contributed by atoms with E-state index in [1.807, 2.05) is 62.5 Å². The van der Waals surface area contributed by atoms with Gasteiger partial charge in [0.25, 0.3) is 5.91 Å². The number of rotatable bonds is 4. The maximum atomic E-state index is 12.6. The van der Waals surface area contributed by atoms with Gasteiger partial charge >= 0.3 is 0 Å². The average molecular weight is 335 g/mol. The van der Waals surface area contributed by atoms with E-state index in [0.717, 1.165) is 16.1 Å². The average Bonchev–Trinajstić information content (AvgIpc) is 2.47. The summed E-state index contributed by atoms with van der Waals surface area (Å²) in [5.74, 6) is -0.126. The molecule has 2 rings (SSSR count). The molecule has 0 aliphatic carbocycles. The molecule has 0 spiro atoms. The molecule has 0 aliphatic heterocycles. The van der Waals surface area contributed by atoms with E-state index < -0.39 is 0 Å². The van der Waals surface area contributed by atoms with Crippen LogP contribution in [0, 0.1) is 6.92 Å². The van der Waals surface area contributed by atoms with E-state index in [-0.39, 0.29) is 5.91 Å². The second kappa shape index (κ2) is 7.07. The molecule has 0 bridgehead atoms. The molecule has 2 aromatic rings. The van der Waals surface area contributed by atoms with Crippen molar-refractivity contribution in [3.05, 3.63) is 52.5 Å². The van der Waals surface area contributed by atoms with Crippen LogP contribution < -0.4 is 10.2 Å². The monoisotopic (exact) mass is 334 g/mol. The van der Waals surface area contributed by atoms with Crippen LogP contribution in [0.15, 0.2) is 41.3 Å². The number of nitrogens with one attached hydrogen (secondary N) is 1. The third kappa shape index (κ3) is 3.76. The number of hydrogen-bond donors (Lipinski definition) is 1. The van der Waals surface area contributed by atoms with Crippen LogP contribution >= 0.6 is 23.4 Å².